The van der Waals surface area contributed by atoms with E-state index in [1.807, 2.05) is 0 Å². The molecule has 0 amide bonds. The molecule has 0 unspecified atom stereocenters. The molecule has 0 saturated heterocycles. The van der Waals surface area contributed by atoms with E-state index in [0.29, 0.717) is 6.08 Å². The Bertz CT molecular complexity index is 188. The van der Waals surface area contributed by atoms with Crippen LogP contribution in [0.1, 0.15) is 79.1 Å². The normalized spacial score (nSPS) is 10.6. The quantitative estimate of drug-likeness (QED) is 0.244. The molecular weight excluding hydrogens is 265 g/mol. The zero-order valence-corrected chi connectivity index (χ0v) is 15.2. The van der Waals surface area contributed by atoms with Crippen molar-refractivity contribution in [3.63, 3.8) is 0 Å². The van der Waals surface area contributed by atoms with Gasteiger partial charge in [-0.25, -0.2) is 0 Å². The van der Waals surface area contributed by atoms with Crippen molar-refractivity contribution < 1.29 is 4.79 Å². The van der Waals surface area contributed by atoms with Crippen LogP contribution in [0.4, 0.5) is 0 Å². The van der Waals surface area contributed by atoms with E-state index in [4.69, 9.17) is 10.2 Å². The molecule has 0 aliphatic carbocycles. The molecule has 0 atom stereocenters. The third-order valence-electron chi connectivity index (χ3n) is 3.94. The van der Waals surface area contributed by atoms with E-state index >= 15 is 0 Å². The Balaban J connectivity index is 0. The van der Waals surface area contributed by atoms with Gasteiger partial charge in [0.15, 0.2) is 0 Å². The second-order valence-corrected chi connectivity index (χ2v) is 10.2. The summed E-state index contributed by atoms with van der Waals surface area (Å²) in [5.41, 5.74) is 0. The van der Waals surface area contributed by atoms with Gasteiger partial charge in [-0.2, -0.15) is 0 Å². The van der Waals surface area contributed by atoms with Crippen LogP contribution in [-0.2, 0) is 4.79 Å². The summed E-state index contributed by atoms with van der Waals surface area (Å²) in [6.45, 7) is 9.42. The maximum atomic E-state index is 8.24. The zero-order chi connectivity index (χ0) is 15.7. The van der Waals surface area contributed by atoms with Gasteiger partial charge in [-0.1, -0.05) is 53.4 Å². The van der Waals surface area contributed by atoms with Gasteiger partial charge in [0.05, 0.1) is 24.6 Å². The summed E-state index contributed by atoms with van der Waals surface area (Å²) in [7, 11) is -0.562. The predicted octanol–water partition coefficient (Wildman–Crippen LogP) is 6.10. The van der Waals surface area contributed by atoms with E-state index in [9.17, 15) is 0 Å². The molecule has 0 fully saturated rings. The van der Waals surface area contributed by atoms with Gasteiger partial charge in [0, 0.05) is 7.26 Å². The van der Waals surface area contributed by atoms with Crippen molar-refractivity contribution in [3.8, 4) is 0 Å². The van der Waals surface area contributed by atoms with Crippen molar-refractivity contribution >= 4 is 13.3 Å². The number of hydrogen-bond acceptors (Lipinski definition) is 1. The molecule has 0 saturated carbocycles. The van der Waals surface area contributed by atoms with Crippen LogP contribution in [0, 0.1) is 0 Å². The third-order valence-corrected chi connectivity index (χ3v) is 9.00. The summed E-state index contributed by atoms with van der Waals surface area (Å²) < 4.78 is 0. The minimum Gasteiger partial charge on any atom is -0.724 e. The van der Waals surface area contributed by atoms with E-state index in [1.54, 1.807) is 24.6 Å². The molecule has 0 N–H and O–H groups in total. The fourth-order valence-corrected chi connectivity index (χ4v) is 7.93. The Hall–Kier alpha value is -0.190. The first-order chi connectivity index (χ1) is 9.66. The Labute approximate surface area is 128 Å². The number of isocyanates is 1. The lowest BCUT2D eigenvalue weighted by Gasteiger charge is -2.28. The van der Waals surface area contributed by atoms with Crippen molar-refractivity contribution in [1.29, 1.82) is 0 Å². The van der Waals surface area contributed by atoms with Crippen molar-refractivity contribution in [2.75, 3.05) is 24.6 Å². The number of hydrogen-bond donors (Lipinski definition) is 0. The molecule has 0 aliphatic rings. The summed E-state index contributed by atoms with van der Waals surface area (Å²) in [5.74, 6) is 0. The SMILES string of the molecule is CCCC[P+](CCCC)(CCCC)CCCC.[N-]=C=O. The predicted molar refractivity (Wildman–Crippen MR) is 95.1 cm³/mol. The number of rotatable bonds is 12. The molecule has 0 aromatic heterocycles. The molecule has 0 aromatic rings. The zero-order valence-electron chi connectivity index (χ0n) is 14.3. The Morgan fingerprint density at radius 3 is 1.05 bits per heavy atom. The molecular formula is C17H36NOP. The van der Waals surface area contributed by atoms with Crippen molar-refractivity contribution in [3.05, 3.63) is 5.41 Å². The molecule has 20 heavy (non-hydrogen) atoms. The van der Waals surface area contributed by atoms with E-state index in [1.165, 1.54) is 51.4 Å². The van der Waals surface area contributed by atoms with Crippen molar-refractivity contribution in [2.45, 2.75) is 79.1 Å². The van der Waals surface area contributed by atoms with Crippen LogP contribution in [0.2, 0.25) is 0 Å². The molecule has 2 nitrogen and oxygen atoms in total. The average molecular weight is 301 g/mol. The van der Waals surface area contributed by atoms with Crippen LogP contribution in [0.3, 0.4) is 0 Å². The fourth-order valence-electron chi connectivity index (χ4n) is 2.64. The van der Waals surface area contributed by atoms with Crippen molar-refractivity contribution in [1.82, 2.24) is 0 Å². The van der Waals surface area contributed by atoms with Gasteiger partial charge in [-0.05, 0) is 31.8 Å². The highest BCUT2D eigenvalue weighted by Crippen LogP contribution is 2.61. The summed E-state index contributed by atoms with van der Waals surface area (Å²) in [4.78, 5) is 8.24. The minimum atomic E-state index is -0.562. The lowest BCUT2D eigenvalue weighted by atomic mass is 10.4. The molecule has 0 aromatic carbocycles. The summed E-state index contributed by atoms with van der Waals surface area (Å²) in [6, 6.07) is 0. The topological polar surface area (TPSA) is 39.4 Å². The van der Waals surface area contributed by atoms with Crippen LogP contribution in [0.25, 0.3) is 5.41 Å². The summed E-state index contributed by atoms with van der Waals surface area (Å²) in [6.07, 6.45) is 18.4. The number of unbranched alkanes of at least 4 members (excludes halogenated alkanes) is 4. The number of carbonyl (C=O) groups excluding carboxylic acids is 1. The maximum absolute atomic E-state index is 8.24. The van der Waals surface area contributed by atoms with Crippen LogP contribution in [0.15, 0.2) is 0 Å². The third kappa shape index (κ3) is 12.8. The molecule has 0 aliphatic heterocycles. The minimum absolute atomic E-state index is 0.500. The maximum Gasteiger partial charge on any atom is 0.0594 e. The highest BCUT2D eigenvalue weighted by Gasteiger charge is 2.34. The van der Waals surface area contributed by atoms with Crippen LogP contribution in [0.5, 0.6) is 0 Å². The second-order valence-electron chi connectivity index (χ2n) is 5.74. The average Bonchev–Trinajstić information content (AvgIpc) is 2.46. The van der Waals surface area contributed by atoms with E-state index in [0.717, 1.165) is 0 Å². The smallest absolute Gasteiger partial charge is 0.0594 e. The molecule has 0 heterocycles. The fraction of sp³-hybridized carbons (Fsp3) is 0.941. The van der Waals surface area contributed by atoms with Gasteiger partial charge in [-0.3, -0.25) is 4.79 Å². The first-order valence-electron chi connectivity index (χ1n) is 8.52. The Morgan fingerprint density at radius 2 is 0.900 bits per heavy atom. The highest BCUT2D eigenvalue weighted by molar-refractivity contribution is 7.75. The number of nitrogens with zero attached hydrogens (tertiary/aromatic N) is 1. The molecule has 3 heteroatoms. The Morgan fingerprint density at radius 1 is 0.700 bits per heavy atom. The van der Waals surface area contributed by atoms with E-state index < -0.39 is 7.26 Å². The van der Waals surface area contributed by atoms with Gasteiger partial charge < -0.3 is 5.41 Å². The molecule has 120 valence electrons. The van der Waals surface area contributed by atoms with Crippen LogP contribution >= 0.6 is 7.26 Å². The molecule has 0 spiro atoms. The van der Waals surface area contributed by atoms with Gasteiger partial charge in [0.1, 0.15) is 0 Å². The standard InChI is InChI=1S/C16H36P.CNO/c1-5-9-13-17(14-10-6-2,15-11-7-3)16-12-8-4;2-1-3/h5-16H2,1-4H3;/q+1;-1. The van der Waals surface area contributed by atoms with Gasteiger partial charge in [-0.15, -0.1) is 0 Å². The monoisotopic (exact) mass is 301 g/mol. The molecule has 0 rings (SSSR count). The second kappa shape index (κ2) is 16.9. The Kier molecular flexibility index (Phi) is 18.6. The van der Waals surface area contributed by atoms with Gasteiger partial charge in [0.25, 0.3) is 0 Å². The largest absolute Gasteiger partial charge is 0.724 e. The lowest BCUT2D eigenvalue weighted by Crippen LogP contribution is -2.12. The van der Waals surface area contributed by atoms with Gasteiger partial charge in [0.2, 0.25) is 0 Å². The summed E-state index contributed by atoms with van der Waals surface area (Å²) >= 11 is 0. The van der Waals surface area contributed by atoms with E-state index in [-0.39, 0.29) is 0 Å². The first-order valence-corrected chi connectivity index (χ1v) is 11.1. The lowest BCUT2D eigenvalue weighted by molar-refractivity contribution is 0.569. The molecule has 0 radical (unpaired) electrons. The van der Waals surface area contributed by atoms with Crippen LogP contribution < -0.4 is 0 Å². The van der Waals surface area contributed by atoms with Gasteiger partial charge >= 0.3 is 0 Å². The van der Waals surface area contributed by atoms with Crippen LogP contribution in [-0.4, -0.2) is 30.7 Å². The summed E-state index contributed by atoms with van der Waals surface area (Å²) in [5, 5.41) is 6.76. The highest BCUT2D eigenvalue weighted by atomic mass is 31.2. The van der Waals surface area contributed by atoms with E-state index in [2.05, 4.69) is 27.7 Å². The molecule has 0 bridgehead atoms. The van der Waals surface area contributed by atoms with Crippen molar-refractivity contribution in [2.24, 2.45) is 0 Å². The first kappa shape index (κ1) is 22.1.